The molecule has 138 valence electrons. The zero-order valence-corrected chi connectivity index (χ0v) is 15.3. The minimum atomic E-state index is -0.181. The van der Waals surface area contributed by atoms with Gasteiger partial charge in [-0.2, -0.15) is 5.10 Å². The van der Waals surface area contributed by atoms with E-state index in [0.29, 0.717) is 25.1 Å². The average molecular weight is 362 g/mol. The Kier molecular flexibility index (Phi) is 6.10. The summed E-state index contributed by atoms with van der Waals surface area (Å²) in [5.74, 6) is -0.0626. The molecular formula is C21H22N4O2. The average Bonchev–Trinajstić information content (AvgIpc) is 2.70. The first-order valence-electron chi connectivity index (χ1n) is 9.03. The van der Waals surface area contributed by atoms with Gasteiger partial charge in [0.15, 0.2) is 0 Å². The molecule has 6 nitrogen and oxygen atoms in total. The standard InChI is InChI=1S/C21H22N4O2/c1-2-16-7-3-4-9-18(16)23-20(26)10-6-14-25-21(27)12-11-19(24-25)17-8-5-13-22-15-17/h3-5,7-9,11-13,15H,2,6,10,14H2,1H3,(H,23,26). The van der Waals surface area contributed by atoms with Crippen molar-refractivity contribution < 1.29 is 4.79 Å². The number of pyridine rings is 1. The van der Waals surface area contributed by atoms with Crippen LogP contribution in [-0.4, -0.2) is 20.7 Å². The van der Waals surface area contributed by atoms with E-state index in [1.807, 2.05) is 36.4 Å². The summed E-state index contributed by atoms with van der Waals surface area (Å²) in [5.41, 5.74) is 3.30. The Bertz CT molecular complexity index is 967. The third kappa shape index (κ3) is 4.88. The van der Waals surface area contributed by atoms with E-state index in [-0.39, 0.29) is 11.5 Å². The minimum absolute atomic E-state index is 0.0626. The predicted molar refractivity (Wildman–Crippen MR) is 105 cm³/mol. The van der Waals surface area contributed by atoms with Crippen LogP contribution in [0.4, 0.5) is 5.69 Å². The molecule has 3 rings (SSSR count). The maximum atomic E-state index is 12.2. The first-order chi connectivity index (χ1) is 13.2. The van der Waals surface area contributed by atoms with Crippen molar-refractivity contribution >= 4 is 11.6 Å². The normalized spacial score (nSPS) is 10.6. The first kappa shape index (κ1) is 18.5. The van der Waals surface area contributed by atoms with Crippen molar-refractivity contribution in [3.8, 4) is 11.3 Å². The number of para-hydroxylation sites is 1. The molecule has 0 fully saturated rings. The van der Waals surface area contributed by atoms with Gasteiger partial charge in [-0.1, -0.05) is 25.1 Å². The molecule has 1 amide bonds. The number of carbonyl (C=O) groups is 1. The van der Waals surface area contributed by atoms with Crippen molar-refractivity contribution in [2.75, 3.05) is 5.32 Å². The van der Waals surface area contributed by atoms with Gasteiger partial charge >= 0.3 is 0 Å². The largest absolute Gasteiger partial charge is 0.326 e. The molecule has 0 atom stereocenters. The van der Waals surface area contributed by atoms with E-state index in [1.165, 1.54) is 10.7 Å². The van der Waals surface area contributed by atoms with Crippen LogP contribution in [0.25, 0.3) is 11.3 Å². The van der Waals surface area contributed by atoms with E-state index in [1.54, 1.807) is 18.5 Å². The quantitative estimate of drug-likeness (QED) is 0.700. The molecule has 1 aromatic carbocycles. The Hall–Kier alpha value is -3.28. The molecule has 0 aliphatic carbocycles. The lowest BCUT2D eigenvalue weighted by Gasteiger charge is -2.10. The number of nitrogens with zero attached hydrogens (tertiary/aromatic N) is 3. The van der Waals surface area contributed by atoms with Gasteiger partial charge in [-0.15, -0.1) is 0 Å². The van der Waals surface area contributed by atoms with Crippen molar-refractivity contribution in [2.24, 2.45) is 0 Å². The molecule has 3 aromatic rings. The molecule has 0 unspecified atom stereocenters. The zero-order chi connectivity index (χ0) is 19.1. The van der Waals surface area contributed by atoms with Crippen molar-refractivity contribution in [1.82, 2.24) is 14.8 Å². The van der Waals surface area contributed by atoms with Crippen molar-refractivity contribution in [2.45, 2.75) is 32.7 Å². The monoisotopic (exact) mass is 362 g/mol. The summed E-state index contributed by atoms with van der Waals surface area (Å²) in [6, 6.07) is 14.7. The van der Waals surface area contributed by atoms with E-state index in [2.05, 4.69) is 22.3 Å². The second-order valence-electron chi connectivity index (χ2n) is 6.18. The molecule has 0 saturated heterocycles. The summed E-state index contributed by atoms with van der Waals surface area (Å²) in [6.45, 7) is 2.44. The molecule has 0 saturated carbocycles. The highest BCUT2D eigenvalue weighted by Gasteiger charge is 2.07. The minimum Gasteiger partial charge on any atom is -0.326 e. The highest BCUT2D eigenvalue weighted by molar-refractivity contribution is 5.91. The third-order valence-electron chi connectivity index (χ3n) is 4.27. The van der Waals surface area contributed by atoms with Crippen LogP contribution in [0.2, 0.25) is 0 Å². The Morgan fingerprint density at radius 2 is 1.96 bits per heavy atom. The lowest BCUT2D eigenvalue weighted by molar-refractivity contribution is -0.116. The maximum Gasteiger partial charge on any atom is 0.266 e. The fourth-order valence-corrected chi connectivity index (χ4v) is 2.83. The van der Waals surface area contributed by atoms with Gasteiger partial charge < -0.3 is 5.32 Å². The van der Waals surface area contributed by atoms with Crippen LogP contribution in [0, 0.1) is 0 Å². The number of carbonyl (C=O) groups excluding carboxylic acids is 1. The molecule has 2 heterocycles. The number of aryl methyl sites for hydroxylation is 2. The van der Waals surface area contributed by atoms with Crippen LogP contribution >= 0.6 is 0 Å². The predicted octanol–water partition coefficient (Wildman–Crippen LogP) is 3.29. The number of hydrogen-bond donors (Lipinski definition) is 1. The SMILES string of the molecule is CCc1ccccc1NC(=O)CCCn1nc(-c2cccnc2)ccc1=O. The van der Waals surface area contributed by atoms with Crippen molar-refractivity contribution in [3.05, 3.63) is 76.8 Å². The van der Waals surface area contributed by atoms with E-state index in [0.717, 1.165) is 23.2 Å². The molecule has 0 spiro atoms. The van der Waals surface area contributed by atoms with Crippen LogP contribution in [0.3, 0.4) is 0 Å². The molecule has 2 aromatic heterocycles. The highest BCUT2D eigenvalue weighted by atomic mass is 16.1. The second-order valence-corrected chi connectivity index (χ2v) is 6.18. The number of rotatable bonds is 7. The van der Waals surface area contributed by atoms with E-state index >= 15 is 0 Å². The molecule has 0 radical (unpaired) electrons. The van der Waals surface area contributed by atoms with Crippen LogP contribution in [-0.2, 0) is 17.8 Å². The number of nitrogens with one attached hydrogen (secondary N) is 1. The van der Waals surface area contributed by atoms with Crippen LogP contribution < -0.4 is 10.9 Å². The fraction of sp³-hybridized carbons (Fsp3) is 0.238. The number of amides is 1. The topological polar surface area (TPSA) is 76.9 Å². The smallest absolute Gasteiger partial charge is 0.266 e. The lowest BCUT2D eigenvalue weighted by atomic mass is 10.1. The fourth-order valence-electron chi connectivity index (χ4n) is 2.83. The van der Waals surface area contributed by atoms with E-state index in [9.17, 15) is 9.59 Å². The Labute approximate surface area is 157 Å². The maximum absolute atomic E-state index is 12.2. The van der Waals surface area contributed by atoms with E-state index < -0.39 is 0 Å². The zero-order valence-electron chi connectivity index (χ0n) is 15.3. The lowest BCUT2D eigenvalue weighted by Crippen LogP contribution is -2.23. The van der Waals surface area contributed by atoms with E-state index in [4.69, 9.17) is 0 Å². The molecular weight excluding hydrogens is 340 g/mol. The summed E-state index contributed by atoms with van der Waals surface area (Å²) in [6.07, 6.45) is 5.11. The van der Waals surface area contributed by atoms with Gasteiger partial charge in [-0.05, 0) is 42.7 Å². The summed E-state index contributed by atoms with van der Waals surface area (Å²) >= 11 is 0. The second kappa shape index (κ2) is 8.89. The van der Waals surface area contributed by atoms with Gasteiger partial charge in [0.25, 0.3) is 5.56 Å². The summed E-state index contributed by atoms with van der Waals surface area (Å²) < 4.78 is 1.40. The molecule has 0 aliphatic heterocycles. The van der Waals surface area contributed by atoms with Crippen LogP contribution in [0.5, 0.6) is 0 Å². The number of anilines is 1. The molecule has 6 heteroatoms. The molecule has 1 N–H and O–H groups in total. The number of hydrogen-bond acceptors (Lipinski definition) is 4. The van der Waals surface area contributed by atoms with Crippen LogP contribution in [0.15, 0.2) is 65.7 Å². The summed E-state index contributed by atoms with van der Waals surface area (Å²) in [7, 11) is 0. The first-order valence-corrected chi connectivity index (χ1v) is 9.03. The van der Waals surface area contributed by atoms with Gasteiger partial charge in [0, 0.05) is 42.7 Å². The molecule has 27 heavy (non-hydrogen) atoms. The summed E-state index contributed by atoms with van der Waals surface area (Å²) in [5, 5.41) is 7.33. The third-order valence-corrected chi connectivity index (χ3v) is 4.27. The van der Waals surface area contributed by atoms with Gasteiger partial charge in [0.2, 0.25) is 5.91 Å². The highest BCUT2D eigenvalue weighted by Crippen LogP contribution is 2.16. The van der Waals surface area contributed by atoms with Crippen molar-refractivity contribution in [3.63, 3.8) is 0 Å². The van der Waals surface area contributed by atoms with Crippen molar-refractivity contribution in [1.29, 1.82) is 0 Å². The molecule has 0 bridgehead atoms. The van der Waals surface area contributed by atoms with Gasteiger partial charge in [0.05, 0.1) is 5.69 Å². The van der Waals surface area contributed by atoms with Gasteiger partial charge in [-0.3, -0.25) is 14.6 Å². The Morgan fingerprint density at radius 3 is 2.74 bits per heavy atom. The number of benzene rings is 1. The van der Waals surface area contributed by atoms with Crippen LogP contribution in [0.1, 0.15) is 25.3 Å². The van der Waals surface area contributed by atoms with Gasteiger partial charge in [-0.25, -0.2) is 4.68 Å². The Balaban J connectivity index is 1.60. The Morgan fingerprint density at radius 1 is 1.11 bits per heavy atom. The molecule has 0 aliphatic rings. The van der Waals surface area contributed by atoms with Gasteiger partial charge in [0.1, 0.15) is 0 Å². The summed E-state index contributed by atoms with van der Waals surface area (Å²) in [4.78, 5) is 28.3. The number of aromatic nitrogens is 3.